The molecule has 3 aromatic rings. The molecule has 3 aliphatic rings. The normalized spacial score (nSPS) is 24.2. The summed E-state index contributed by atoms with van der Waals surface area (Å²) in [7, 11) is -1.71. The predicted octanol–water partition coefficient (Wildman–Crippen LogP) is 7.25. The number of aliphatic hydroxyl groups is 1. The van der Waals surface area contributed by atoms with E-state index in [1.165, 1.54) is 34.0 Å². The number of amides is 1. The first-order valence-electron chi connectivity index (χ1n) is 16.2. The molecular formula is C35H45N3O4S2. The molecule has 3 saturated carbocycles. The van der Waals surface area contributed by atoms with Crippen molar-refractivity contribution in [3.05, 3.63) is 64.8 Å². The Morgan fingerprint density at radius 2 is 1.66 bits per heavy atom. The zero-order valence-electron chi connectivity index (χ0n) is 26.1. The van der Waals surface area contributed by atoms with Crippen molar-refractivity contribution < 1.29 is 18.3 Å². The molecule has 1 N–H and O–H groups in total. The van der Waals surface area contributed by atoms with Crippen LogP contribution in [0.15, 0.2) is 48.7 Å². The third kappa shape index (κ3) is 7.05. The first-order valence-corrected chi connectivity index (χ1v) is 18.8. The van der Waals surface area contributed by atoms with Gasteiger partial charge in [0.15, 0.2) is 0 Å². The van der Waals surface area contributed by atoms with E-state index in [1.54, 1.807) is 18.4 Å². The number of rotatable bonds is 9. The molecule has 0 bridgehead atoms. The summed E-state index contributed by atoms with van der Waals surface area (Å²) in [6.45, 7) is 2.69. The maximum atomic E-state index is 14.1. The van der Waals surface area contributed by atoms with E-state index in [0.29, 0.717) is 37.1 Å². The van der Waals surface area contributed by atoms with Crippen molar-refractivity contribution in [3.63, 3.8) is 0 Å². The molecule has 9 heteroatoms. The molecule has 0 radical (unpaired) electrons. The lowest BCUT2D eigenvalue weighted by molar-refractivity contribution is -0.124. The molecule has 3 fully saturated rings. The maximum absolute atomic E-state index is 14.1. The zero-order chi connectivity index (χ0) is 31.0. The van der Waals surface area contributed by atoms with Gasteiger partial charge in [-0.15, -0.1) is 11.3 Å². The van der Waals surface area contributed by atoms with E-state index in [1.807, 2.05) is 19.2 Å². The highest BCUT2D eigenvalue weighted by Gasteiger charge is 2.33. The van der Waals surface area contributed by atoms with Gasteiger partial charge in [0.25, 0.3) is 0 Å². The summed E-state index contributed by atoms with van der Waals surface area (Å²) >= 11 is 1.78. The lowest BCUT2D eigenvalue weighted by atomic mass is 9.78. The minimum Gasteiger partial charge on any atom is -0.393 e. The van der Waals surface area contributed by atoms with Gasteiger partial charge in [0, 0.05) is 37.3 Å². The molecule has 0 aliphatic heterocycles. The van der Waals surface area contributed by atoms with Crippen LogP contribution < -0.4 is 9.21 Å². The molecule has 3 aliphatic carbocycles. The first kappa shape index (κ1) is 31.2. The lowest BCUT2D eigenvalue weighted by Gasteiger charge is -2.36. The Kier molecular flexibility index (Phi) is 9.18. The fourth-order valence-corrected chi connectivity index (χ4v) is 8.68. The zero-order valence-corrected chi connectivity index (χ0v) is 27.7. The van der Waals surface area contributed by atoms with Gasteiger partial charge in [0.2, 0.25) is 15.9 Å². The van der Waals surface area contributed by atoms with Crippen LogP contribution in [0.2, 0.25) is 0 Å². The van der Waals surface area contributed by atoms with Crippen molar-refractivity contribution in [1.29, 1.82) is 0 Å². The Hall–Kier alpha value is -2.75. The van der Waals surface area contributed by atoms with Crippen molar-refractivity contribution in [2.24, 2.45) is 11.8 Å². The average Bonchev–Trinajstić information content (AvgIpc) is 3.75. The molecule has 6 rings (SSSR count). The Labute approximate surface area is 266 Å². The van der Waals surface area contributed by atoms with Gasteiger partial charge in [0.05, 0.1) is 27.9 Å². The minimum atomic E-state index is -3.31. The quantitative estimate of drug-likeness (QED) is 0.268. The van der Waals surface area contributed by atoms with Gasteiger partial charge >= 0.3 is 0 Å². The summed E-state index contributed by atoms with van der Waals surface area (Å²) < 4.78 is 25.5. The van der Waals surface area contributed by atoms with Crippen LogP contribution in [0.1, 0.15) is 92.2 Å². The fourth-order valence-electron chi connectivity index (χ4n) is 7.03. The van der Waals surface area contributed by atoms with Crippen LogP contribution in [0.5, 0.6) is 0 Å². The van der Waals surface area contributed by atoms with Gasteiger partial charge in [-0.05, 0) is 118 Å². The van der Waals surface area contributed by atoms with E-state index < -0.39 is 10.0 Å². The van der Waals surface area contributed by atoms with Crippen LogP contribution in [0, 0.1) is 18.8 Å². The highest BCUT2D eigenvalue weighted by Crippen LogP contribution is 2.44. The van der Waals surface area contributed by atoms with E-state index in [9.17, 15) is 18.3 Å². The molecule has 1 aromatic heterocycles. The van der Waals surface area contributed by atoms with Gasteiger partial charge in [-0.1, -0.05) is 24.3 Å². The fraction of sp³-hybridized carbons (Fsp3) is 0.543. The number of benzene rings is 2. The number of thiazole rings is 1. The Morgan fingerprint density at radius 3 is 2.32 bits per heavy atom. The third-order valence-electron chi connectivity index (χ3n) is 10.0. The average molecular weight is 636 g/mol. The summed E-state index contributed by atoms with van der Waals surface area (Å²) in [4.78, 5) is 22.0. The molecule has 2 aromatic carbocycles. The van der Waals surface area contributed by atoms with E-state index >= 15 is 0 Å². The first-order chi connectivity index (χ1) is 21.1. The summed E-state index contributed by atoms with van der Waals surface area (Å²) in [6.07, 6.45) is 12.5. The number of hydrogen-bond donors (Lipinski definition) is 1. The van der Waals surface area contributed by atoms with Crippen LogP contribution >= 0.6 is 11.3 Å². The smallest absolute Gasteiger partial charge is 0.232 e. The lowest BCUT2D eigenvalue weighted by Crippen LogP contribution is -2.41. The maximum Gasteiger partial charge on any atom is 0.232 e. The second kappa shape index (κ2) is 12.9. The van der Waals surface area contributed by atoms with Crippen molar-refractivity contribution >= 4 is 38.6 Å². The van der Waals surface area contributed by atoms with Crippen molar-refractivity contribution in [1.82, 2.24) is 4.98 Å². The van der Waals surface area contributed by atoms with Crippen LogP contribution in [-0.2, 0) is 14.8 Å². The highest BCUT2D eigenvalue weighted by atomic mass is 32.2. The number of carbonyl (C=O) groups is 1. The van der Waals surface area contributed by atoms with E-state index in [2.05, 4.69) is 46.3 Å². The second-order valence-corrected chi connectivity index (χ2v) is 16.4. The molecule has 236 valence electrons. The van der Waals surface area contributed by atoms with Crippen LogP contribution in [0.3, 0.4) is 0 Å². The molecule has 0 atom stereocenters. The standard InChI is InChI=1S/C35H45N3O4S2/c1-23-19-28(15-18-32(23)37(2)44(3,41)42)25-9-7-24(8-10-25)22-38(35(40)27-13-16-31(39)17-14-27)30-6-4-5-29(20-30)33-21-36-34(43-33)26-11-12-26/h4-6,15,18-21,24-27,31,39H,7-14,16-17,22H2,1-3H3. The number of sulfonamides is 1. The van der Waals surface area contributed by atoms with E-state index in [-0.39, 0.29) is 17.9 Å². The molecular weight excluding hydrogens is 591 g/mol. The number of carbonyl (C=O) groups excluding carboxylic acids is 1. The minimum absolute atomic E-state index is 0.0465. The molecule has 7 nitrogen and oxygen atoms in total. The summed E-state index contributed by atoms with van der Waals surface area (Å²) in [6, 6.07) is 14.6. The number of aromatic nitrogens is 1. The van der Waals surface area contributed by atoms with Gasteiger partial charge in [-0.3, -0.25) is 9.10 Å². The molecule has 1 heterocycles. The Morgan fingerprint density at radius 1 is 0.955 bits per heavy atom. The highest BCUT2D eigenvalue weighted by molar-refractivity contribution is 7.92. The van der Waals surface area contributed by atoms with Crippen molar-refractivity contribution in [2.75, 3.05) is 29.1 Å². The number of hydrogen-bond acceptors (Lipinski definition) is 6. The van der Waals surface area contributed by atoms with Crippen molar-refractivity contribution in [2.45, 2.75) is 89.1 Å². The molecule has 44 heavy (non-hydrogen) atoms. The van der Waals surface area contributed by atoms with Gasteiger partial charge in [0.1, 0.15) is 0 Å². The molecule has 1 amide bonds. The second-order valence-electron chi connectivity index (χ2n) is 13.3. The molecule has 0 saturated heterocycles. The van der Waals surface area contributed by atoms with E-state index in [4.69, 9.17) is 0 Å². The number of anilines is 2. The number of aryl methyl sites for hydroxylation is 1. The topological polar surface area (TPSA) is 90.8 Å². The largest absolute Gasteiger partial charge is 0.393 e. The third-order valence-corrected chi connectivity index (χ3v) is 12.4. The monoisotopic (exact) mass is 635 g/mol. The number of nitrogens with zero attached hydrogens (tertiary/aromatic N) is 3. The predicted molar refractivity (Wildman–Crippen MR) is 179 cm³/mol. The van der Waals surface area contributed by atoms with E-state index in [0.717, 1.165) is 65.9 Å². The van der Waals surface area contributed by atoms with Crippen LogP contribution in [0.25, 0.3) is 10.4 Å². The van der Waals surface area contributed by atoms with Crippen LogP contribution in [0.4, 0.5) is 11.4 Å². The Bertz CT molecular complexity index is 1580. The summed E-state index contributed by atoms with van der Waals surface area (Å²) in [5.74, 6) is 1.62. The number of aliphatic hydroxyl groups excluding tert-OH is 1. The molecule has 0 spiro atoms. The Balaban J connectivity index is 1.17. The molecule has 0 unspecified atom stereocenters. The summed E-state index contributed by atoms with van der Waals surface area (Å²) in [5.41, 5.74) is 5.04. The van der Waals surface area contributed by atoms with Gasteiger partial charge < -0.3 is 10.0 Å². The summed E-state index contributed by atoms with van der Waals surface area (Å²) in [5, 5.41) is 11.3. The van der Waals surface area contributed by atoms with Gasteiger partial charge in [-0.2, -0.15) is 0 Å². The van der Waals surface area contributed by atoms with Crippen LogP contribution in [-0.4, -0.2) is 50.4 Å². The van der Waals surface area contributed by atoms with Gasteiger partial charge in [-0.25, -0.2) is 13.4 Å². The van der Waals surface area contributed by atoms with Crippen molar-refractivity contribution in [3.8, 4) is 10.4 Å². The SMILES string of the molecule is Cc1cc(C2CCC(CN(C(=O)C3CCC(O)CC3)c3cccc(-c4cnc(C5CC5)s4)c3)CC2)ccc1N(C)S(C)(=O)=O.